The molecule has 1 heterocycles. The van der Waals surface area contributed by atoms with Gasteiger partial charge in [0, 0.05) is 6.61 Å². The molecular formula is C13H16F3NO2. The average molecular weight is 275 g/mol. The summed E-state index contributed by atoms with van der Waals surface area (Å²) in [5, 5.41) is 3.18. The number of hydrogen-bond donors (Lipinski definition) is 1. The van der Waals surface area contributed by atoms with Gasteiger partial charge in [0.2, 0.25) is 0 Å². The Morgan fingerprint density at radius 1 is 1.37 bits per heavy atom. The van der Waals surface area contributed by atoms with Crippen molar-refractivity contribution in [1.82, 2.24) is 0 Å². The normalized spacial score (nSPS) is 23.4. The third kappa shape index (κ3) is 4.02. The van der Waals surface area contributed by atoms with Crippen LogP contribution in [0.15, 0.2) is 24.3 Å². The van der Waals surface area contributed by atoms with Gasteiger partial charge in [0.05, 0.1) is 17.8 Å². The number of rotatable bonds is 4. The van der Waals surface area contributed by atoms with Crippen LogP contribution in [0.4, 0.5) is 18.9 Å². The van der Waals surface area contributed by atoms with Crippen molar-refractivity contribution < 1.29 is 22.6 Å². The van der Waals surface area contributed by atoms with Gasteiger partial charge in [-0.3, -0.25) is 0 Å². The van der Waals surface area contributed by atoms with Gasteiger partial charge in [-0.15, -0.1) is 0 Å². The molecule has 1 aliphatic heterocycles. The van der Waals surface area contributed by atoms with Gasteiger partial charge >= 0.3 is 6.18 Å². The van der Waals surface area contributed by atoms with E-state index in [9.17, 15) is 13.2 Å². The van der Waals surface area contributed by atoms with Crippen LogP contribution in [-0.4, -0.2) is 31.5 Å². The number of anilines is 1. The summed E-state index contributed by atoms with van der Waals surface area (Å²) in [6.45, 7) is 1.30. The Morgan fingerprint density at radius 3 is 2.74 bits per heavy atom. The SMILES string of the molecule is CC1OCCC1Nc1ccccc1OCC(F)(F)F. The molecule has 1 saturated heterocycles. The molecule has 2 atom stereocenters. The number of halogens is 3. The topological polar surface area (TPSA) is 30.5 Å². The minimum absolute atomic E-state index is 0.0377. The van der Waals surface area contributed by atoms with Crippen molar-refractivity contribution in [1.29, 1.82) is 0 Å². The molecule has 1 aromatic carbocycles. The molecule has 0 amide bonds. The van der Waals surface area contributed by atoms with E-state index in [1.807, 2.05) is 6.92 Å². The van der Waals surface area contributed by atoms with Gasteiger partial charge in [-0.2, -0.15) is 13.2 Å². The third-order valence-corrected chi connectivity index (χ3v) is 3.00. The van der Waals surface area contributed by atoms with Crippen molar-refractivity contribution in [2.75, 3.05) is 18.5 Å². The number of hydrogen-bond acceptors (Lipinski definition) is 3. The summed E-state index contributed by atoms with van der Waals surface area (Å²) in [5.74, 6) is 0.207. The summed E-state index contributed by atoms with van der Waals surface area (Å²) >= 11 is 0. The molecule has 0 aliphatic carbocycles. The van der Waals surface area contributed by atoms with E-state index >= 15 is 0 Å². The lowest BCUT2D eigenvalue weighted by molar-refractivity contribution is -0.153. The monoisotopic (exact) mass is 275 g/mol. The van der Waals surface area contributed by atoms with Crippen molar-refractivity contribution in [3.05, 3.63) is 24.3 Å². The predicted molar refractivity (Wildman–Crippen MR) is 65.4 cm³/mol. The standard InChI is InChI=1S/C13H16F3NO2/c1-9-10(6-7-18-9)17-11-4-2-3-5-12(11)19-8-13(14,15)16/h2-5,9-10,17H,6-8H2,1H3. The summed E-state index contributed by atoms with van der Waals surface area (Å²) < 4.78 is 46.8. The molecule has 2 rings (SSSR count). The van der Waals surface area contributed by atoms with Crippen LogP contribution in [0.25, 0.3) is 0 Å². The predicted octanol–water partition coefficient (Wildman–Crippen LogP) is 3.22. The lowest BCUT2D eigenvalue weighted by Crippen LogP contribution is -2.27. The van der Waals surface area contributed by atoms with E-state index < -0.39 is 12.8 Å². The summed E-state index contributed by atoms with van der Waals surface area (Å²) in [7, 11) is 0. The molecule has 1 aliphatic rings. The Balaban J connectivity index is 2.03. The van der Waals surface area contributed by atoms with Gasteiger partial charge in [-0.25, -0.2) is 0 Å². The maximum atomic E-state index is 12.2. The van der Waals surface area contributed by atoms with E-state index in [4.69, 9.17) is 9.47 Å². The highest BCUT2D eigenvalue weighted by Gasteiger charge is 2.29. The van der Waals surface area contributed by atoms with E-state index in [2.05, 4.69) is 5.32 Å². The van der Waals surface area contributed by atoms with Gasteiger partial charge in [-0.1, -0.05) is 12.1 Å². The smallest absolute Gasteiger partial charge is 0.422 e. The maximum absolute atomic E-state index is 12.2. The second kappa shape index (κ2) is 5.69. The molecule has 0 aromatic heterocycles. The number of para-hydroxylation sites is 2. The zero-order chi connectivity index (χ0) is 13.9. The number of benzene rings is 1. The van der Waals surface area contributed by atoms with Crippen LogP contribution < -0.4 is 10.1 Å². The highest BCUT2D eigenvalue weighted by Crippen LogP contribution is 2.29. The first-order valence-corrected chi connectivity index (χ1v) is 6.12. The third-order valence-electron chi connectivity index (χ3n) is 3.00. The Bertz CT molecular complexity index is 423. The molecule has 0 spiro atoms. The van der Waals surface area contributed by atoms with Crippen molar-refractivity contribution in [3.63, 3.8) is 0 Å². The van der Waals surface area contributed by atoms with Crippen molar-refractivity contribution in [2.45, 2.75) is 31.7 Å². The first kappa shape index (κ1) is 14.0. The van der Waals surface area contributed by atoms with E-state index in [1.165, 1.54) is 6.07 Å². The highest BCUT2D eigenvalue weighted by atomic mass is 19.4. The Hall–Kier alpha value is -1.43. The minimum Gasteiger partial charge on any atom is -0.482 e. The molecule has 0 radical (unpaired) electrons. The molecule has 1 fully saturated rings. The fraction of sp³-hybridized carbons (Fsp3) is 0.538. The van der Waals surface area contributed by atoms with Crippen LogP contribution in [0.2, 0.25) is 0 Å². The zero-order valence-electron chi connectivity index (χ0n) is 10.5. The quantitative estimate of drug-likeness (QED) is 0.915. The molecule has 2 unspecified atom stereocenters. The summed E-state index contributed by atoms with van der Waals surface area (Å²) in [5.41, 5.74) is 0.564. The van der Waals surface area contributed by atoms with Crippen molar-refractivity contribution in [3.8, 4) is 5.75 Å². The molecule has 19 heavy (non-hydrogen) atoms. The van der Waals surface area contributed by atoms with Gasteiger partial charge in [-0.05, 0) is 25.5 Å². The molecule has 1 aromatic rings. The van der Waals surface area contributed by atoms with E-state index in [-0.39, 0.29) is 17.9 Å². The molecule has 106 valence electrons. The number of alkyl halides is 3. The summed E-state index contributed by atoms with van der Waals surface area (Å²) in [6.07, 6.45) is -3.47. The van der Waals surface area contributed by atoms with E-state index in [1.54, 1.807) is 18.2 Å². The molecule has 3 nitrogen and oxygen atoms in total. The molecule has 0 bridgehead atoms. The Labute approximate surface area is 109 Å². The van der Waals surface area contributed by atoms with Gasteiger partial charge < -0.3 is 14.8 Å². The van der Waals surface area contributed by atoms with Gasteiger partial charge in [0.1, 0.15) is 5.75 Å². The lowest BCUT2D eigenvalue weighted by atomic mass is 10.1. The molecule has 0 saturated carbocycles. The fourth-order valence-electron chi connectivity index (χ4n) is 1.99. The van der Waals surface area contributed by atoms with Gasteiger partial charge in [0.15, 0.2) is 6.61 Å². The van der Waals surface area contributed by atoms with Crippen molar-refractivity contribution >= 4 is 5.69 Å². The van der Waals surface area contributed by atoms with Crippen LogP contribution in [0.1, 0.15) is 13.3 Å². The summed E-state index contributed by atoms with van der Waals surface area (Å²) in [4.78, 5) is 0. The molecular weight excluding hydrogens is 259 g/mol. The van der Waals surface area contributed by atoms with Crippen molar-refractivity contribution in [2.24, 2.45) is 0 Å². The Kier molecular flexibility index (Phi) is 4.19. The maximum Gasteiger partial charge on any atom is 0.422 e. The largest absolute Gasteiger partial charge is 0.482 e. The highest BCUT2D eigenvalue weighted by molar-refractivity contribution is 5.57. The number of nitrogens with one attached hydrogen (secondary N) is 1. The average Bonchev–Trinajstić information content (AvgIpc) is 2.73. The number of ether oxygens (including phenoxy) is 2. The first-order chi connectivity index (χ1) is 8.96. The fourth-order valence-corrected chi connectivity index (χ4v) is 1.99. The minimum atomic E-state index is -4.34. The van der Waals surface area contributed by atoms with E-state index in [0.29, 0.717) is 12.3 Å². The Morgan fingerprint density at radius 2 is 2.11 bits per heavy atom. The second-order valence-corrected chi connectivity index (χ2v) is 4.52. The van der Waals surface area contributed by atoms with Crippen LogP contribution in [0.3, 0.4) is 0 Å². The van der Waals surface area contributed by atoms with Gasteiger partial charge in [0.25, 0.3) is 0 Å². The van der Waals surface area contributed by atoms with E-state index in [0.717, 1.165) is 6.42 Å². The molecule has 1 N–H and O–H groups in total. The summed E-state index contributed by atoms with van der Waals surface area (Å²) in [6, 6.07) is 6.72. The first-order valence-electron chi connectivity index (χ1n) is 6.12. The van der Waals surface area contributed by atoms with Crippen LogP contribution >= 0.6 is 0 Å². The zero-order valence-corrected chi connectivity index (χ0v) is 10.5. The molecule has 6 heteroatoms. The van der Waals surface area contributed by atoms with Crippen LogP contribution in [0.5, 0.6) is 5.75 Å². The second-order valence-electron chi connectivity index (χ2n) is 4.52. The van der Waals surface area contributed by atoms with Crippen LogP contribution in [0, 0.1) is 0 Å². The lowest BCUT2D eigenvalue weighted by Gasteiger charge is -2.20. The van der Waals surface area contributed by atoms with Crippen LogP contribution in [-0.2, 0) is 4.74 Å².